The zero-order valence-electron chi connectivity index (χ0n) is 11.0. The van der Waals surface area contributed by atoms with Gasteiger partial charge in [0.2, 0.25) is 5.91 Å². The van der Waals surface area contributed by atoms with Crippen LogP contribution in [0.5, 0.6) is 0 Å². The number of carbonyl (C=O) groups is 3. The van der Waals surface area contributed by atoms with E-state index in [1.54, 1.807) is 17.5 Å². The van der Waals surface area contributed by atoms with Gasteiger partial charge in [-0.1, -0.05) is 13.0 Å². The van der Waals surface area contributed by atoms with Gasteiger partial charge < -0.3 is 21.1 Å². The number of thiophene rings is 1. The smallest absolute Gasteiger partial charge is 0.331 e. The van der Waals surface area contributed by atoms with Crippen LogP contribution in [0.2, 0.25) is 0 Å². The van der Waals surface area contributed by atoms with Gasteiger partial charge in [0.25, 0.3) is 0 Å². The first kappa shape index (κ1) is 16.0. The quantitative estimate of drug-likeness (QED) is 0.594. The number of rotatable bonds is 7. The number of amides is 3. The lowest BCUT2D eigenvalue weighted by Crippen LogP contribution is -2.44. The molecule has 7 nitrogen and oxygen atoms in total. The molecule has 1 aromatic rings. The topological polar surface area (TPSA) is 108 Å². The van der Waals surface area contributed by atoms with Gasteiger partial charge in [0.1, 0.15) is 0 Å². The van der Waals surface area contributed by atoms with Crippen LogP contribution in [0.25, 0.3) is 0 Å². The molecule has 1 unspecified atom stereocenters. The third kappa shape index (κ3) is 5.27. The zero-order chi connectivity index (χ0) is 15.0. The van der Waals surface area contributed by atoms with E-state index in [0.717, 1.165) is 6.42 Å². The molecule has 4 N–H and O–H groups in total. The van der Waals surface area contributed by atoms with Gasteiger partial charge in [0, 0.05) is 11.4 Å². The molecule has 1 rings (SSSR count). The Morgan fingerprint density at radius 1 is 1.35 bits per heavy atom. The van der Waals surface area contributed by atoms with Gasteiger partial charge in [-0.05, 0) is 17.9 Å². The molecule has 0 spiro atoms. The normalized spacial score (nSPS) is 11.4. The molecule has 0 saturated heterocycles. The van der Waals surface area contributed by atoms with Crippen molar-refractivity contribution < 1.29 is 19.5 Å². The second-order valence-corrected chi connectivity index (χ2v) is 4.94. The summed E-state index contributed by atoms with van der Waals surface area (Å²) in [5, 5.41) is 18.0. The van der Waals surface area contributed by atoms with Crippen LogP contribution in [0.4, 0.5) is 4.79 Å². The van der Waals surface area contributed by atoms with E-state index in [1.807, 2.05) is 6.92 Å². The average Bonchev–Trinajstić information content (AvgIpc) is 2.93. The number of carbonyl (C=O) groups excluding carboxylic acids is 2. The standard InChI is InChI=1S/C12H17N3O4S/c1-2-5-13-9(16)7-14-12(19)15-10(11(17)18)8-4-3-6-20-8/h3-4,6,10H,2,5,7H2,1H3,(H,13,16)(H,17,18)(H2,14,15,19). The van der Waals surface area contributed by atoms with E-state index in [0.29, 0.717) is 11.4 Å². The van der Waals surface area contributed by atoms with Gasteiger partial charge in [-0.3, -0.25) is 4.79 Å². The molecule has 0 bridgehead atoms. The van der Waals surface area contributed by atoms with Gasteiger partial charge in [0.15, 0.2) is 6.04 Å². The van der Waals surface area contributed by atoms with E-state index in [4.69, 9.17) is 5.11 Å². The van der Waals surface area contributed by atoms with Crippen molar-refractivity contribution in [1.29, 1.82) is 0 Å². The fourth-order valence-corrected chi connectivity index (χ4v) is 2.15. The minimum Gasteiger partial charge on any atom is -0.479 e. The van der Waals surface area contributed by atoms with Crippen molar-refractivity contribution in [3.05, 3.63) is 22.4 Å². The Balaban J connectivity index is 2.43. The van der Waals surface area contributed by atoms with Crippen LogP contribution in [-0.4, -0.2) is 36.1 Å². The van der Waals surface area contributed by atoms with Crippen LogP contribution in [-0.2, 0) is 9.59 Å². The minimum atomic E-state index is -1.15. The fraction of sp³-hybridized carbons (Fsp3) is 0.417. The van der Waals surface area contributed by atoms with E-state index in [-0.39, 0.29) is 12.5 Å². The van der Waals surface area contributed by atoms with E-state index in [9.17, 15) is 14.4 Å². The minimum absolute atomic E-state index is 0.192. The predicted octanol–water partition coefficient (Wildman–Crippen LogP) is 0.699. The number of urea groups is 1. The van der Waals surface area contributed by atoms with Gasteiger partial charge >= 0.3 is 12.0 Å². The molecule has 0 aliphatic rings. The van der Waals surface area contributed by atoms with Gasteiger partial charge in [-0.15, -0.1) is 11.3 Å². The van der Waals surface area contributed by atoms with Crippen molar-refractivity contribution in [2.75, 3.05) is 13.1 Å². The van der Waals surface area contributed by atoms with Crippen LogP contribution < -0.4 is 16.0 Å². The molecule has 1 atom stereocenters. The fourth-order valence-electron chi connectivity index (χ4n) is 1.38. The molecule has 0 aliphatic carbocycles. The first-order valence-corrected chi connectivity index (χ1v) is 6.99. The average molecular weight is 299 g/mol. The molecule has 0 fully saturated rings. The summed E-state index contributed by atoms with van der Waals surface area (Å²) in [6.45, 7) is 2.26. The lowest BCUT2D eigenvalue weighted by Gasteiger charge is -2.13. The van der Waals surface area contributed by atoms with E-state index in [1.165, 1.54) is 11.3 Å². The summed E-state index contributed by atoms with van der Waals surface area (Å²) in [7, 11) is 0. The molecule has 20 heavy (non-hydrogen) atoms. The first-order valence-electron chi connectivity index (χ1n) is 6.11. The number of carboxylic acids is 1. The molecule has 1 heterocycles. The third-order valence-electron chi connectivity index (χ3n) is 2.33. The summed E-state index contributed by atoms with van der Waals surface area (Å²) in [6, 6.07) is 1.51. The number of nitrogens with one attached hydrogen (secondary N) is 3. The van der Waals surface area contributed by atoms with Crippen molar-refractivity contribution in [3.63, 3.8) is 0 Å². The molecule has 0 aliphatic heterocycles. The summed E-state index contributed by atoms with van der Waals surface area (Å²) in [5.74, 6) is -1.47. The lowest BCUT2D eigenvalue weighted by atomic mass is 10.2. The van der Waals surface area contributed by atoms with Gasteiger partial charge in [-0.2, -0.15) is 0 Å². The molecule has 110 valence electrons. The van der Waals surface area contributed by atoms with Crippen LogP contribution in [0.3, 0.4) is 0 Å². The zero-order valence-corrected chi connectivity index (χ0v) is 11.8. The monoisotopic (exact) mass is 299 g/mol. The maximum atomic E-state index is 11.6. The highest BCUT2D eigenvalue weighted by atomic mass is 32.1. The summed E-state index contributed by atoms with van der Waals surface area (Å²) < 4.78 is 0. The van der Waals surface area contributed by atoms with Crippen LogP contribution in [0.15, 0.2) is 17.5 Å². The highest BCUT2D eigenvalue weighted by molar-refractivity contribution is 7.10. The molecular formula is C12H17N3O4S. The Bertz CT molecular complexity index is 461. The SMILES string of the molecule is CCCNC(=O)CNC(=O)NC(C(=O)O)c1cccs1. The Kier molecular flexibility index (Phi) is 6.51. The summed E-state index contributed by atoms with van der Waals surface area (Å²) in [5.41, 5.74) is 0. The van der Waals surface area contributed by atoms with Gasteiger partial charge in [0.05, 0.1) is 6.54 Å². The number of hydrogen-bond donors (Lipinski definition) is 4. The molecule has 0 radical (unpaired) electrons. The third-order valence-corrected chi connectivity index (χ3v) is 3.27. The second kappa shape index (κ2) is 8.16. The Morgan fingerprint density at radius 2 is 2.10 bits per heavy atom. The number of carboxylic acid groups (broad SMARTS) is 1. The van der Waals surface area contributed by atoms with E-state index in [2.05, 4.69) is 16.0 Å². The number of aliphatic carboxylic acids is 1. The highest BCUT2D eigenvalue weighted by Crippen LogP contribution is 2.18. The summed E-state index contributed by atoms with van der Waals surface area (Å²) in [6.07, 6.45) is 0.803. The largest absolute Gasteiger partial charge is 0.479 e. The molecular weight excluding hydrogens is 282 g/mol. The predicted molar refractivity (Wildman–Crippen MR) is 74.5 cm³/mol. The number of hydrogen-bond acceptors (Lipinski definition) is 4. The molecule has 3 amide bonds. The van der Waals surface area contributed by atoms with E-state index < -0.39 is 18.0 Å². The molecule has 0 aromatic carbocycles. The molecule has 0 saturated carbocycles. The van der Waals surface area contributed by atoms with Crippen molar-refractivity contribution >= 4 is 29.2 Å². The van der Waals surface area contributed by atoms with Crippen molar-refractivity contribution in [1.82, 2.24) is 16.0 Å². The Morgan fingerprint density at radius 3 is 2.65 bits per heavy atom. The van der Waals surface area contributed by atoms with Crippen molar-refractivity contribution in [2.45, 2.75) is 19.4 Å². The van der Waals surface area contributed by atoms with Crippen LogP contribution in [0, 0.1) is 0 Å². The summed E-state index contributed by atoms with van der Waals surface area (Å²) in [4.78, 5) is 34.5. The Labute approximate surface area is 120 Å². The maximum Gasteiger partial charge on any atom is 0.331 e. The van der Waals surface area contributed by atoms with E-state index >= 15 is 0 Å². The lowest BCUT2D eigenvalue weighted by molar-refractivity contribution is -0.139. The highest BCUT2D eigenvalue weighted by Gasteiger charge is 2.22. The molecule has 1 aromatic heterocycles. The van der Waals surface area contributed by atoms with Crippen molar-refractivity contribution in [2.24, 2.45) is 0 Å². The Hall–Kier alpha value is -2.09. The summed E-state index contributed by atoms with van der Waals surface area (Å²) >= 11 is 1.23. The first-order chi connectivity index (χ1) is 9.54. The second-order valence-electron chi connectivity index (χ2n) is 3.96. The van der Waals surface area contributed by atoms with Crippen LogP contribution in [0.1, 0.15) is 24.3 Å². The maximum absolute atomic E-state index is 11.6. The van der Waals surface area contributed by atoms with Gasteiger partial charge in [-0.25, -0.2) is 9.59 Å². The van der Waals surface area contributed by atoms with Crippen LogP contribution >= 0.6 is 11.3 Å². The van der Waals surface area contributed by atoms with Crippen molar-refractivity contribution in [3.8, 4) is 0 Å². The molecule has 8 heteroatoms.